The third-order valence-corrected chi connectivity index (χ3v) is 8.78. The van der Waals surface area contributed by atoms with Gasteiger partial charge in [-0.1, -0.05) is 19.4 Å². The molecule has 158 valence electrons. The van der Waals surface area contributed by atoms with Crippen LogP contribution < -0.4 is 0 Å². The summed E-state index contributed by atoms with van der Waals surface area (Å²) in [6, 6.07) is 0. The number of carbonyl (C=O) groups is 1. The maximum atomic E-state index is 13.0. The van der Waals surface area contributed by atoms with Crippen LogP contribution >= 0.6 is 0 Å². The van der Waals surface area contributed by atoms with Crippen molar-refractivity contribution in [3.63, 3.8) is 0 Å². The predicted octanol–water partition coefficient (Wildman–Crippen LogP) is 2.86. The molecule has 0 radical (unpaired) electrons. The minimum atomic E-state index is -6.80. The Balaban J connectivity index is 3.65. The normalized spacial score (nSPS) is 22.9. The lowest BCUT2D eigenvalue weighted by atomic mass is 9.99. The first-order valence-corrected chi connectivity index (χ1v) is 10.6. The second-order valence-electron chi connectivity index (χ2n) is 5.83. The van der Waals surface area contributed by atoms with E-state index in [2.05, 4.69) is 6.58 Å². The fourth-order valence-electron chi connectivity index (χ4n) is 2.85. The Morgan fingerprint density at radius 1 is 0.926 bits per heavy atom. The summed E-state index contributed by atoms with van der Waals surface area (Å²) in [6.07, 6.45) is -1.67. The number of esters is 1. The van der Waals surface area contributed by atoms with Gasteiger partial charge >= 0.3 is 17.0 Å². The summed E-state index contributed by atoms with van der Waals surface area (Å²) in [5, 5.41) is 0. The quantitative estimate of drug-likeness (QED) is 0.279. The number of carbonyl (C=O) groups excluding carboxylic acids is 1. The number of ether oxygens (including phenoxy) is 1. The van der Waals surface area contributed by atoms with Gasteiger partial charge in [-0.05, 0) is 19.3 Å². The number of halogens is 6. The van der Waals surface area contributed by atoms with Gasteiger partial charge in [0.05, 0.1) is 0 Å². The smallest absolute Gasteiger partial charge is 0.459 e. The Kier molecular flexibility index (Phi) is 7.01. The highest BCUT2D eigenvalue weighted by Gasteiger charge is 2.66. The minimum Gasteiger partial charge on any atom is -0.459 e. The van der Waals surface area contributed by atoms with Gasteiger partial charge in [0.25, 0.3) is 19.7 Å². The van der Waals surface area contributed by atoms with E-state index in [1.165, 1.54) is 0 Å². The van der Waals surface area contributed by atoms with E-state index < -0.39 is 59.7 Å². The molecule has 0 aliphatic heterocycles. The molecule has 1 aliphatic rings. The molecule has 2 unspecified atom stereocenters. The molecule has 0 aromatic heterocycles. The van der Waals surface area contributed by atoms with Crippen molar-refractivity contribution in [2.24, 2.45) is 5.92 Å². The molecule has 0 N–H and O–H groups in total. The maximum Gasteiger partial charge on any atom is 0.498 e. The summed E-state index contributed by atoms with van der Waals surface area (Å²) in [4.78, 5) is 11.4. The van der Waals surface area contributed by atoms with Crippen LogP contribution in [0.4, 0.5) is 26.3 Å². The Labute approximate surface area is 151 Å². The molecule has 2 atom stereocenters. The highest BCUT2D eigenvalue weighted by Crippen LogP contribution is 2.43. The van der Waals surface area contributed by atoms with E-state index in [4.69, 9.17) is 4.74 Å². The third-order valence-electron chi connectivity index (χ3n) is 4.04. The highest BCUT2D eigenvalue weighted by atomic mass is 32.3. The Bertz CT molecular complexity index is 724. The van der Waals surface area contributed by atoms with Crippen LogP contribution in [0, 0.1) is 5.92 Å². The molecule has 14 heteroatoms. The van der Waals surface area contributed by atoms with Gasteiger partial charge in [0.2, 0.25) is 0 Å². The molecule has 1 rings (SSSR count). The number of alkyl halides is 6. The van der Waals surface area contributed by atoms with Crippen LogP contribution in [0.3, 0.4) is 0 Å². The average molecular weight is 446 g/mol. The summed E-state index contributed by atoms with van der Waals surface area (Å²) in [5.41, 5.74) is -12.5. The predicted molar refractivity (Wildman–Crippen MR) is 80.4 cm³/mol. The molecule has 1 fully saturated rings. The van der Waals surface area contributed by atoms with Crippen LogP contribution in [0.1, 0.15) is 32.1 Å². The van der Waals surface area contributed by atoms with Crippen molar-refractivity contribution in [2.45, 2.75) is 53.8 Å². The number of hydrogen-bond acceptors (Lipinski definition) is 6. The molecule has 0 bridgehead atoms. The van der Waals surface area contributed by atoms with E-state index >= 15 is 0 Å². The van der Waals surface area contributed by atoms with Gasteiger partial charge in [0, 0.05) is 12.0 Å². The molecule has 27 heavy (non-hydrogen) atoms. The molecule has 0 amide bonds. The first-order chi connectivity index (χ1) is 12.1. The van der Waals surface area contributed by atoms with Crippen molar-refractivity contribution in [3.8, 4) is 0 Å². The van der Waals surface area contributed by atoms with Gasteiger partial charge < -0.3 is 4.74 Å². The lowest BCUT2D eigenvalue weighted by molar-refractivity contribution is -0.145. The third kappa shape index (κ3) is 4.95. The number of sulfone groups is 2. The Morgan fingerprint density at radius 3 is 1.78 bits per heavy atom. The highest BCUT2D eigenvalue weighted by molar-refractivity contribution is 8.09. The van der Waals surface area contributed by atoms with Crippen LogP contribution in [0.5, 0.6) is 0 Å². The van der Waals surface area contributed by atoms with Crippen molar-refractivity contribution in [1.29, 1.82) is 0 Å². The zero-order valence-corrected chi connectivity index (χ0v) is 15.2. The summed E-state index contributed by atoms with van der Waals surface area (Å²) >= 11 is 0. The first-order valence-electron chi connectivity index (χ1n) is 7.50. The van der Waals surface area contributed by atoms with Crippen LogP contribution in [-0.4, -0.2) is 44.5 Å². The fraction of sp³-hybridized carbons (Fsp3) is 0.769. The monoisotopic (exact) mass is 446 g/mol. The van der Waals surface area contributed by atoms with Gasteiger partial charge in [-0.25, -0.2) is 21.6 Å². The zero-order valence-electron chi connectivity index (χ0n) is 13.6. The first kappa shape index (κ1) is 23.7. The van der Waals surface area contributed by atoms with E-state index in [0.717, 1.165) is 0 Å². The lowest BCUT2D eigenvalue weighted by Gasteiger charge is -2.32. The average Bonchev–Trinajstić information content (AvgIpc) is 2.70. The summed E-state index contributed by atoms with van der Waals surface area (Å²) in [7, 11) is -13.6. The van der Waals surface area contributed by atoms with Gasteiger partial charge in [0.15, 0.2) is 4.58 Å². The van der Waals surface area contributed by atoms with E-state index in [1.54, 1.807) is 0 Å². The molecule has 0 aromatic rings. The number of hydrogen-bond donors (Lipinski definition) is 0. The number of rotatable bonds is 5. The molecule has 1 saturated carbocycles. The molecular weight excluding hydrogens is 430 g/mol. The van der Waals surface area contributed by atoms with Crippen molar-refractivity contribution in [2.75, 3.05) is 0 Å². The summed E-state index contributed by atoms with van der Waals surface area (Å²) in [6.45, 7) is 3.02. The summed E-state index contributed by atoms with van der Waals surface area (Å²) in [5.74, 6) is -3.46. The van der Waals surface area contributed by atoms with Crippen LogP contribution in [0.25, 0.3) is 0 Å². The van der Waals surface area contributed by atoms with Gasteiger partial charge in [-0.3, -0.25) is 0 Å². The second kappa shape index (κ2) is 7.97. The van der Waals surface area contributed by atoms with Gasteiger partial charge in [-0.2, -0.15) is 26.3 Å². The SMILES string of the molecule is C=CC(=O)OC1CCCCCC1C(S(=O)(=O)C(F)(F)F)S(=O)(=O)C(F)(F)F. The fourth-order valence-corrected chi connectivity index (χ4v) is 6.91. The Morgan fingerprint density at radius 2 is 1.37 bits per heavy atom. The maximum absolute atomic E-state index is 13.0. The molecule has 0 aromatic carbocycles. The molecule has 0 saturated heterocycles. The van der Waals surface area contributed by atoms with Crippen LogP contribution in [0.15, 0.2) is 12.7 Å². The van der Waals surface area contributed by atoms with Crippen LogP contribution in [0.2, 0.25) is 0 Å². The molecular formula is C13H16F6O6S2. The van der Waals surface area contributed by atoms with E-state index in [0.29, 0.717) is 6.08 Å². The summed E-state index contributed by atoms with van der Waals surface area (Å²) < 4.78 is 126. The largest absolute Gasteiger partial charge is 0.498 e. The van der Waals surface area contributed by atoms with E-state index in [-0.39, 0.29) is 25.7 Å². The van der Waals surface area contributed by atoms with E-state index in [1.807, 2.05) is 0 Å². The minimum absolute atomic E-state index is 0.0376. The van der Waals surface area contributed by atoms with E-state index in [9.17, 15) is 48.0 Å². The molecule has 0 heterocycles. The lowest BCUT2D eigenvalue weighted by Crippen LogP contribution is -2.52. The van der Waals surface area contributed by atoms with Crippen molar-refractivity contribution >= 4 is 25.6 Å². The van der Waals surface area contributed by atoms with Crippen molar-refractivity contribution < 1.29 is 52.7 Å². The Hall–Kier alpha value is -1.31. The van der Waals surface area contributed by atoms with Crippen LogP contribution in [-0.2, 0) is 29.2 Å². The molecule has 1 aliphatic carbocycles. The second-order valence-corrected chi connectivity index (χ2v) is 10.3. The van der Waals surface area contributed by atoms with Gasteiger partial charge in [0.1, 0.15) is 6.10 Å². The zero-order chi connectivity index (χ0) is 21.3. The molecule has 6 nitrogen and oxygen atoms in total. The van der Waals surface area contributed by atoms with Gasteiger partial charge in [-0.15, -0.1) is 0 Å². The topological polar surface area (TPSA) is 94.6 Å². The van der Waals surface area contributed by atoms with Crippen molar-refractivity contribution in [1.82, 2.24) is 0 Å². The van der Waals surface area contributed by atoms with Crippen molar-refractivity contribution in [3.05, 3.63) is 12.7 Å². The standard InChI is InChI=1S/C13H16F6O6S2/c1-2-10(20)25-9-7-5-3-4-6-8(9)11(26(21,22)12(14,15)16)27(23,24)13(17,18)19/h2,8-9,11H,1,3-7H2. The molecule has 0 spiro atoms.